The number of hydrogen-bond donors (Lipinski definition) is 6. The number of hydrogen-bond acceptors (Lipinski definition) is 7. The summed E-state index contributed by atoms with van der Waals surface area (Å²) in [4.78, 5) is 59.5. The lowest BCUT2D eigenvalue weighted by molar-refractivity contribution is -0.142. The molecule has 1 heterocycles. The Hall–Kier alpha value is -2.34. The van der Waals surface area contributed by atoms with Crippen molar-refractivity contribution in [3.05, 3.63) is 0 Å². The predicted molar refractivity (Wildman–Crippen MR) is 97.6 cm³/mol. The van der Waals surface area contributed by atoms with Gasteiger partial charge in [-0.25, -0.2) is 4.79 Å². The quantitative estimate of drug-likeness (QED) is 0.212. The van der Waals surface area contributed by atoms with Gasteiger partial charge >= 0.3 is 5.97 Å². The van der Waals surface area contributed by atoms with E-state index in [-0.39, 0.29) is 24.5 Å². The molecule has 0 aromatic heterocycles. The lowest BCUT2D eigenvalue weighted by Crippen LogP contribution is -2.53. The number of carboxylic acids is 1. The van der Waals surface area contributed by atoms with Crippen molar-refractivity contribution in [2.75, 3.05) is 18.8 Å². The summed E-state index contributed by atoms with van der Waals surface area (Å²) in [6, 6.07) is -2.84. The second kappa shape index (κ2) is 10.7. The van der Waals surface area contributed by atoms with Gasteiger partial charge in [0, 0.05) is 18.7 Å². The zero-order valence-corrected chi connectivity index (χ0v) is 15.6. The molecule has 7 N–H and O–H groups in total. The number of carbonyl (C=O) groups is 5. The van der Waals surface area contributed by atoms with Crippen LogP contribution in [0.2, 0.25) is 0 Å². The van der Waals surface area contributed by atoms with E-state index in [0.717, 1.165) is 0 Å². The zero-order valence-electron chi connectivity index (χ0n) is 14.7. The first-order chi connectivity index (χ1) is 12.7. The van der Waals surface area contributed by atoms with Gasteiger partial charge in [-0.2, -0.15) is 12.6 Å². The third-order valence-corrected chi connectivity index (χ3v) is 4.48. The van der Waals surface area contributed by atoms with Crippen molar-refractivity contribution in [3.63, 3.8) is 0 Å². The number of nitrogens with two attached hydrogens (primary N) is 2. The summed E-state index contributed by atoms with van der Waals surface area (Å²) in [5.74, 6) is -3.49. The zero-order chi connectivity index (χ0) is 20.6. The molecule has 0 radical (unpaired) electrons. The van der Waals surface area contributed by atoms with Crippen molar-refractivity contribution in [3.8, 4) is 0 Å². The highest BCUT2D eigenvalue weighted by atomic mass is 32.1. The third kappa shape index (κ3) is 7.06. The average Bonchev–Trinajstić information content (AvgIpc) is 3.11. The second-order valence-corrected chi connectivity index (χ2v) is 6.53. The highest BCUT2D eigenvalue weighted by Gasteiger charge is 2.35. The van der Waals surface area contributed by atoms with E-state index >= 15 is 0 Å². The molecule has 3 atom stereocenters. The molecular formula is C15H25N5O6S. The second-order valence-electron chi connectivity index (χ2n) is 6.16. The molecular weight excluding hydrogens is 378 g/mol. The Morgan fingerprint density at radius 1 is 1.26 bits per heavy atom. The highest BCUT2D eigenvalue weighted by molar-refractivity contribution is 7.80. The van der Waals surface area contributed by atoms with Gasteiger partial charge in [-0.3, -0.25) is 19.2 Å². The van der Waals surface area contributed by atoms with Gasteiger partial charge in [-0.05, 0) is 19.3 Å². The highest BCUT2D eigenvalue weighted by Crippen LogP contribution is 2.18. The lowest BCUT2D eigenvalue weighted by Gasteiger charge is -2.26. The Morgan fingerprint density at radius 2 is 1.93 bits per heavy atom. The fraction of sp³-hybridized carbons (Fsp3) is 0.667. The first kappa shape index (κ1) is 22.7. The molecule has 0 saturated carbocycles. The normalized spacial score (nSPS) is 18.4. The molecule has 152 valence electrons. The van der Waals surface area contributed by atoms with Gasteiger partial charge in [-0.15, -0.1) is 0 Å². The minimum atomic E-state index is -1.32. The van der Waals surface area contributed by atoms with E-state index < -0.39 is 48.4 Å². The van der Waals surface area contributed by atoms with Crippen LogP contribution in [0.1, 0.15) is 25.7 Å². The van der Waals surface area contributed by atoms with E-state index in [1.807, 2.05) is 0 Å². The number of nitrogens with zero attached hydrogens (tertiary/aromatic N) is 1. The van der Waals surface area contributed by atoms with Gasteiger partial charge in [0.15, 0.2) is 0 Å². The number of rotatable bonds is 10. The van der Waals surface area contributed by atoms with E-state index in [1.54, 1.807) is 0 Å². The summed E-state index contributed by atoms with van der Waals surface area (Å²) in [5.41, 5.74) is 10.6. The van der Waals surface area contributed by atoms with Crippen LogP contribution in [-0.4, -0.2) is 76.6 Å². The fourth-order valence-corrected chi connectivity index (χ4v) is 2.82. The molecule has 27 heavy (non-hydrogen) atoms. The number of nitrogens with one attached hydrogen (secondary N) is 2. The molecule has 0 bridgehead atoms. The Balaban J connectivity index is 2.54. The maximum Gasteiger partial charge on any atom is 0.326 e. The predicted octanol–water partition coefficient (Wildman–Crippen LogP) is -2.81. The van der Waals surface area contributed by atoms with Crippen molar-refractivity contribution in [1.29, 1.82) is 0 Å². The molecule has 3 unspecified atom stereocenters. The molecule has 1 saturated heterocycles. The summed E-state index contributed by atoms with van der Waals surface area (Å²) in [6.45, 7) is -0.0743. The molecule has 0 aromatic rings. The summed E-state index contributed by atoms with van der Waals surface area (Å²) < 4.78 is 0. The van der Waals surface area contributed by atoms with Crippen LogP contribution in [0.4, 0.5) is 0 Å². The number of carbonyl (C=O) groups excluding carboxylic acids is 4. The van der Waals surface area contributed by atoms with Crippen LogP contribution in [-0.2, 0) is 24.0 Å². The maximum atomic E-state index is 12.3. The molecule has 4 amide bonds. The van der Waals surface area contributed by atoms with Crippen LogP contribution in [0.5, 0.6) is 0 Å². The number of aliphatic carboxylic acids is 1. The minimum absolute atomic E-state index is 0.147. The number of carboxylic acid groups (broad SMARTS) is 1. The van der Waals surface area contributed by atoms with Gasteiger partial charge in [0.2, 0.25) is 23.6 Å². The number of likely N-dealkylation sites (tertiary alicyclic amines) is 1. The first-order valence-electron chi connectivity index (χ1n) is 8.42. The van der Waals surface area contributed by atoms with Crippen molar-refractivity contribution >= 4 is 42.2 Å². The summed E-state index contributed by atoms with van der Waals surface area (Å²) in [5, 5.41) is 13.6. The van der Waals surface area contributed by atoms with Crippen LogP contribution in [0.15, 0.2) is 0 Å². The SMILES string of the molecule is NC(=O)CCC(NC(=O)CNC(=O)C1CCCN1C(=O)C(N)CS)C(=O)O. The van der Waals surface area contributed by atoms with Gasteiger partial charge in [0.25, 0.3) is 0 Å². The van der Waals surface area contributed by atoms with Crippen LogP contribution < -0.4 is 22.1 Å². The van der Waals surface area contributed by atoms with E-state index in [4.69, 9.17) is 16.6 Å². The molecule has 0 aromatic carbocycles. The average molecular weight is 403 g/mol. The molecule has 1 aliphatic rings. The first-order valence-corrected chi connectivity index (χ1v) is 9.05. The van der Waals surface area contributed by atoms with Crippen molar-refractivity contribution in [2.45, 2.75) is 43.8 Å². The van der Waals surface area contributed by atoms with Gasteiger partial charge in [0.05, 0.1) is 12.6 Å². The molecule has 1 rings (SSSR count). The molecule has 0 aliphatic carbocycles. The number of amides is 4. The topological polar surface area (TPSA) is 185 Å². The molecule has 1 fully saturated rings. The monoisotopic (exact) mass is 403 g/mol. The smallest absolute Gasteiger partial charge is 0.326 e. The molecule has 11 nitrogen and oxygen atoms in total. The molecule has 12 heteroatoms. The molecule has 1 aliphatic heterocycles. The van der Waals surface area contributed by atoms with Crippen LogP contribution in [0.3, 0.4) is 0 Å². The van der Waals surface area contributed by atoms with E-state index in [9.17, 15) is 24.0 Å². The lowest BCUT2D eigenvalue weighted by atomic mass is 10.1. The van der Waals surface area contributed by atoms with Crippen molar-refractivity contribution < 1.29 is 29.1 Å². The van der Waals surface area contributed by atoms with Gasteiger partial charge in [-0.1, -0.05) is 0 Å². The number of primary amides is 1. The molecule has 0 spiro atoms. The van der Waals surface area contributed by atoms with Crippen LogP contribution in [0.25, 0.3) is 0 Å². The van der Waals surface area contributed by atoms with E-state index in [2.05, 4.69) is 23.3 Å². The standard InChI is InChI=1S/C15H25N5O6S/c16-8(7-27)14(24)20-5-1-2-10(20)13(23)18-6-12(22)19-9(15(25)26)3-4-11(17)21/h8-10,27H,1-7,16H2,(H2,17,21)(H,18,23)(H,19,22)(H,25,26). The van der Waals surface area contributed by atoms with Crippen molar-refractivity contribution in [1.82, 2.24) is 15.5 Å². The summed E-state index contributed by atoms with van der Waals surface area (Å²) in [7, 11) is 0. The van der Waals surface area contributed by atoms with E-state index in [0.29, 0.717) is 19.4 Å². The van der Waals surface area contributed by atoms with Crippen LogP contribution >= 0.6 is 12.6 Å². The maximum absolute atomic E-state index is 12.3. The Morgan fingerprint density at radius 3 is 2.48 bits per heavy atom. The summed E-state index contributed by atoms with van der Waals surface area (Å²) >= 11 is 3.97. The van der Waals surface area contributed by atoms with Crippen LogP contribution in [0, 0.1) is 0 Å². The summed E-state index contributed by atoms with van der Waals surface area (Å²) in [6.07, 6.45) is 0.712. The fourth-order valence-electron chi connectivity index (χ4n) is 2.67. The Kier molecular flexibility index (Phi) is 9.02. The van der Waals surface area contributed by atoms with Crippen molar-refractivity contribution in [2.24, 2.45) is 11.5 Å². The van der Waals surface area contributed by atoms with Gasteiger partial charge in [0.1, 0.15) is 12.1 Å². The minimum Gasteiger partial charge on any atom is -0.480 e. The Labute approximate surface area is 161 Å². The third-order valence-electron chi connectivity index (χ3n) is 4.09. The van der Waals surface area contributed by atoms with Gasteiger partial charge < -0.3 is 32.1 Å². The van der Waals surface area contributed by atoms with E-state index in [1.165, 1.54) is 4.90 Å². The number of thiol groups is 1. The Bertz CT molecular complexity index is 601. The largest absolute Gasteiger partial charge is 0.480 e.